The van der Waals surface area contributed by atoms with E-state index in [1.165, 1.54) is 0 Å². The van der Waals surface area contributed by atoms with E-state index in [1.807, 2.05) is 0 Å². The fraction of sp³-hybridized carbons (Fsp3) is 0.500. The maximum atomic E-state index is 13.2. The Morgan fingerprint density at radius 1 is 1.21 bits per heavy atom. The molecule has 1 rings (SSSR count). The van der Waals surface area contributed by atoms with Crippen LogP contribution >= 0.6 is 0 Å². The highest BCUT2D eigenvalue weighted by atomic mass is 19.2. The topological polar surface area (TPSA) is 55.5 Å². The Kier molecular flexibility index (Phi) is 5.13. The van der Waals surface area contributed by atoms with Crippen molar-refractivity contribution in [1.29, 1.82) is 0 Å². The minimum atomic E-state index is -1.57. The fourth-order valence-corrected chi connectivity index (χ4v) is 1.41. The van der Waals surface area contributed by atoms with Crippen LogP contribution in [0.1, 0.15) is 19.8 Å². The summed E-state index contributed by atoms with van der Waals surface area (Å²) in [5.41, 5.74) is 4.79. The van der Waals surface area contributed by atoms with Crippen LogP contribution in [0.25, 0.3) is 0 Å². The van der Waals surface area contributed by atoms with Gasteiger partial charge in [0.05, 0.1) is 13.2 Å². The summed E-state index contributed by atoms with van der Waals surface area (Å²) in [6.07, 6.45) is 0.592. The molecular formula is C12H15F4NO2. The number of halogens is 4. The molecule has 0 saturated heterocycles. The summed E-state index contributed by atoms with van der Waals surface area (Å²) >= 11 is 0. The van der Waals surface area contributed by atoms with Crippen LogP contribution in [0.3, 0.4) is 0 Å². The van der Waals surface area contributed by atoms with Gasteiger partial charge in [0, 0.05) is 11.6 Å². The van der Waals surface area contributed by atoms with Crippen molar-refractivity contribution < 1.29 is 27.4 Å². The number of benzene rings is 1. The van der Waals surface area contributed by atoms with Gasteiger partial charge in [0.2, 0.25) is 11.6 Å². The number of hydrogen-bond acceptors (Lipinski definition) is 3. The summed E-state index contributed by atoms with van der Waals surface area (Å²) in [5, 5.41) is 8.89. The molecule has 0 fully saturated rings. The van der Waals surface area contributed by atoms with E-state index in [0.29, 0.717) is 6.42 Å². The van der Waals surface area contributed by atoms with Crippen molar-refractivity contribution in [2.24, 2.45) is 5.73 Å². The first-order valence-electron chi connectivity index (χ1n) is 5.64. The highest BCUT2D eigenvalue weighted by Gasteiger charge is 2.21. The number of aliphatic hydroxyl groups is 1. The second kappa shape index (κ2) is 6.21. The highest BCUT2D eigenvalue weighted by Crippen LogP contribution is 2.26. The van der Waals surface area contributed by atoms with Crippen molar-refractivity contribution in [3.05, 3.63) is 29.3 Å². The lowest BCUT2D eigenvalue weighted by Crippen LogP contribution is -2.40. The summed E-state index contributed by atoms with van der Waals surface area (Å²) in [4.78, 5) is 0. The number of ether oxygens (including phenoxy) is 1. The summed E-state index contributed by atoms with van der Waals surface area (Å²) in [6, 6.07) is 0.111. The lowest BCUT2D eigenvalue weighted by Gasteiger charge is -2.21. The Labute approximate surface area is 108 Å². The van der Waals surface area contributed by atoms with Gasteiger partial charge >= 0.3 is 0 Å². The molecule has 3 N–H and O–H groups in total. The average Bonchev–Trinajstić information content (AvgIpc) is 2.35. The molecule has 1 aromatic rings. The van der Waals surface area contributed by atoms with Crippen LogP contribution in [-0.2, 0) is 0 Å². The van der Waals surface area contributed by atoms with Gasteiger partial charge in [-0.1, -0.05) is 0 Å². The second-order valence-electron chi connectivity index (χ2n) is 4.56. The lowest BCUT2D eigenvalue weighted by molar-refractivity contribution is 0.185. The van der Waals surface area contributed by atoms with Crippen molar-refractivity contribution in [1.82, 2.24) is 0 Å². The van der Waals surface area contributed by atoms with E-state index in [4.69, 9.17) is 15.6 Å². The van der Waals surface area contributed by atoms with Crippen LogP contribution in [0.5, 0.6) is 5.75 Å². The molecule has 0 bridgehead atoms. The monoisotopic (exact) mass is 281 g/mol. The van der Waals surface area contributed by atoms with Crippen LogP contribution in [-0.4, -0.2) is 23.9 Å². The van der Waals surface area contributed by atoms with Crippen molar-refractivity contribution in [3.63, 3.8) is 0 Å². The number of aliphatic hydroxyl groups excluding tert-OH is 1. The van der Waals surface area contributed by atoms with Gasteiger partial charge in [-0.3, -0.25) is 0 Å². The molecule has 0 spiro atoms. The first-order chi connectivity index (χ1) is 8.78. The third-order valence-corrected chi connectivity index (χ3v) is 2.57. The summed E-state index contributed by atoms with van der Waals surface area (Å²) in [7, 11) is 0. The number of nitrogens with two attached hydrogens (primary N) is 1. The summed E-state index contributed by atoms with van der Waals surface area (Å²) in [6.45, 7) is 1.16. The van der Waals surface area contributed by atoms with Gasteiger partial charge in [0.15, 0.2) is 17.4 Å². The van der Waals surface area contributed by atoms with Crippen LogP contribution in [0.4, 0.5) is 17.6 Å². The van der Waals surface area contributed by atoms with Gasteiger partial charge in [-0.25, -0.2) is 8.78 Å². The molecule has 0 radical (unpaired) electrons. The zero-order valence-electron chi connectivity index (χ0n) is 10.4. The van der Waals surface area contributed by atoms with E-state index in [-0.39, 0.29) is 25.7 Å². The maximum absolute atomic E-state index is 13.2. The molecule has 0 aromatic heterocycles. The molecule has 1 unspecified atom stereocenters. The van der Waals surface area contributed by atoms with E-state index < -0.39 is 34.6 Å². The van der Waals surface area contributed by atoms with Gasteiger partial charge in [0.25, 0.3) is 0 Å². The molecule has 1 atom stereocenters. The SMILES string of the molecule is CC(N)(CO)CCCOc1c(F)c(F)cc(F)c1F. The molecule has 3 nitrogen and oxygen atoms in total. The minimum Gasteiger partial charge on any atom is -0.487 e. The molecule has 0 aliphatic rings. The third kappa shape index (κ3) is 4.07. The average molecular weight is 281 g/mol. The van der Waals surface area contributed by atoms with Crippen molar-refractivity contribution in [2.75, 3.05) is 13.2 Å². The molecule has 0 saturated carbocycles. The largest absolute Gasteiger partial charge is 0.487 e. The molecular weight excluding hydrogens is 266 g/mol. The number of rotatable bonds is 6. The van der Waals surface area contributed by atoms with E-state index in [1.54, 1.807) is 6.92 Å². The van der Waals surface area contributed by atoms with Gasteiger partial charge in [-0.05, 0) is 19.8 Å². The van der Waals surface area contributed by atoms with E-state index in [0.717, 1.165) is 0 Å². The quantitative estimate of drug-likeness (QED) is 0.477. The molecule has 108 valence electrons. The van der Waals surface area contributed by atoms with Crippen LogP contribution < -0.4 is 10.5 Å². The van der Waals surface area contributed by atoms with E-state index in [2.05, 4.69) is 0 Å². The van der Waals surface area contributed by atoms with Gasteiger partial charge in [-0.15, -0.1) is 0 Å². The predicted molar refractivity (Wildman–Crippen MR) is 60.7 cm³/mol. The normalized spacial score (nSPS) is 14.3. The van der Waals surface area contributed by atoms with Crippen molar-refractivity contribution in [3.8, 4) is 5.75 Å². The van der Waals surface area contributed by atoms with Crippen LogP contribution in [0.2, 0.25) is 0 Å². The van der Waals surface area contributed by atoms with Crippen molar-refractivity contribution >= 4 is 0 Å². The fourth-order valence-electron chi connectivity index (χ4n) is 1.41. The predicted octanol–water partition coefficient (Wildman–Crippen LogP) is 2.11. The Morgan fingerprint density at radius 3 is 2.21 bits per heavy atom. The first-order valence-corrected chi connectivity index (χ1v) is 5.64. The Hall–Kier alpha value is -1.34. The van der Waals surface area contributed by atoms with Gasteiger partial charge in [0.1, 0.15) is 0 Å². The van der Waals surface area contributed by atoms with Gasteiger partial charge in [-0.2, -0.15) is 8.78 Å². The third-order valence-electron chi connectivity index (χ3n) is 2.57. The molecule has 1 aromatic carbocycles. The Balaban J connectivity index is 2.64. The molecule has 0 amide bonds. The maximum Gasteiger partial charge on any atom is 0.203 e. The van der Waals surface area contributed by atoms with Gasteiger partial charge < -0.3 is 15.6 Å². The van der Waals surface area contributed by atoms with Crippen LogP contribution in [0.15, 0.2) is 6.07 Å². The van der Waals surface area contributed by atoms with Crippen molar-refractivity contribution in [2.45, 2.75) is 25.3 Å². The Bertz CT molecular complexity index is 426. The standard InChI is InChI=1S/C12H15F4NO2/c1-12(17,6-18)3-2-4-19-11-9(15)7(13)5-8(14)10(11)16/h5,18H,2-4,6,17H2,1H3. The first kappa shape index (κ1) is 15.7. The van der Waals surface area contributed by atoms with E-state index in [9.17, 15) is 17.6 Å². The molecule has 0 aliphatic heterocycles. The summed E-state index contributed by atoms with van der Waals surface area (Å²) < 4.78 is 56.8. The molecule has 0 aliphatic carbocycles. The summed E-state index contributed by atoms with van der Waals surface area (Å²) in [5.74, 6) is -7.27. The zero-order valence-corrected chi connectivity index (χ0v) is 10.4. The molecule has 7 heteroatoms. The minimum absolute atomic E-state index is 0.111. The second-order valence-corrected chi connectivity index (χ2v) is 4.56. The van der Waals surface area contributed by atoms with Crippen LogP contribution in [0, 0.1) is 23.3 Å². The Morgan fingerprint density at radius 2 is 1.74 bits per heavy atom. The lowest BCUT2D eigenvalue weighted by atomic mass is 9.99. The smallest absolute Gasteiger partial charge is 0.203 e. The highest BCUT2D eigenvalue weighted by molar-refractivity contribution is 5.28. The number of hydrogen-bond donors (Lipinski definition) is 2. The molecule has 0 heterocycles. The molecule has 19 heavy (non-hydrogen) atoms. The van der Waals surface area contributed by atoms with E-state index >= 15 is 0 Å². The zero-order chi connectivity index (χ0) is 14.6.